The molecule has 0 aliphatic carbocycles. The van der Waals surface area contributed by atoms with E-state index in [0.717, 1.165) is 5.56 Å². The van der Waals surface area contributed by atoms with Crippen LogP contribution in [0.5, 0.6) is 0 Å². The van der Waals surface area contributed by atoms with Crippen LogP contribution < -0.4 is 0 Å². The Labute approximate surface area is 108 Å². The molecule has 0 spiro atoms. The Balaban J connectivity index is 2.39. The van der Waals surface area contributed by atoms with Crippen LogP contribution in [0.15, 0.2) is 36.4 Å². The maximum atomic E-state index is 11.3. The average molecular weight is 242 g/mol. The number of ether oxygens (including phenoxy) is 1. The van der Waals surface area contributed by atoms with E-state index in [-0.39, 0.29) is 5.97 Å². The highest BCUT2D eigenvalue weighted by atomic mass is 16.5. The molecule has 2 nitrogen and oxygen atoms in total. The number of methoxy groups -OCH3 is 1. The van der Waals surface area contributed by atoms with E-state index >= 15 is 0 Å². The normalized spacial score (nSPS) is 10.9. The molecule has 2 rings (SSSR count). The highest BCUT2D eigenvalue weighted by molar-refractivity contribution is 5.85. The summed E-state index contributed by atoms with van der Waals surface area (Å²) in [6, 6.07) is 12.6. The lowest BCUT2D eigenvalue weighted by Crippen LogP contribution is -2.04. The lowest BCUT2D eigenvalue weighted by atomic mass is 9.98. The third kappa shape index (κ3) is 2.70. The lowest BCUT2D eigenvalue weighted by molar-refractivity contribution is -0.139. The van der Waals surface area contributed by atoms with Gasteiger partial charge in [0.2, 0.25) is 0 Å². The molecule has 0 heterocycles. The van der Waals surface area contributed by atoms with E-state index in [4.69, 9.17) is 0 Å². The molecule has 0 aliphatic rings. The minimum atomic E-state index is -0.200. The molecule has 0 saturated carbocycles. The molecule has 0 N–H and O–H groups in total. The molecular formula is C16H18O2. The van der Waals surface area contributed by atoms with Gasteiger partial charge in [-0.25, -0.2) is 0 Å². The second kappa shape index (κ2) is 5.21. The minimum absolute atomic E-state index is 0.200. The maximum Gasteiger partial charge on any atom is 0.309 e. The first kappa shape index (κ1) is 12.6. The van der Waals surface area contributed by atoms with Gasteiger partial charge in [0.1, 0.15) is 0 Å². The zero-order valence-electron chi connectivity index (χ0n) is 11.1. The predicted octanol–water partition coefficient (Wildman–Crippen LogP) is 3.68. The zero-order chi connectivity index (χ0) is 13.1. The summed E-state index contributed by atoms with van der Waals surface area (Å²) < 4.78 is 4.69. The fourth-order valence-electron chi connectivity index (χ4n) is 2.02. The van der Waals surface area contributed by atoms with Gasteiger partial charge in [-0.15, -0.1) is 0 Å². The van der Waals surface area contributed by atoms with Crippen LogP contribution in [0.2, 0.25) is 0 Å². The van der Waals surface area contributed by atoms with Crippen molar-refractivity contribution in [2.24, 2.45) is 0 Å². The van der Waals surface area contributed by atoms with Crippen LogP contribution in [0.1, 0.15) is 30.9 Å². The first-order chi connectivity index (χ1) is 8.60. The molecule has 0 aliphatic heterocycles. The molecule has 94 valence electrons. The number of hydrogen-bond donors (Lipinski definition) is 0. The molecule has 0 amide bonds. The van der Waals surface area contributed by atoms with Gasteiger partial charge in [0.25, 0.3) is 0 Å². The lowest BCUT2D eigenvalue weighted by Gasteiger charge is -2.08. The first-order valence-electron chi connectivity index (χ1n) is 6.19. The summed E-state index contributed by atoms with van der Waals surface area (Å²) in [5, 5.41) is 2.38. The van der Waals surface area contributed by atoms with Crippen LogP contribution >= 0.6 is 0 Å². The predicted molar refractivity (Wildman–Crippen MR) is 73.8 cm³/mol. The van der Waals surface area contributed by atoms with Crippen molar-refractivity contribution in [1.82, 2.24) is 0 Å². The number of esters is 1. The molecule has 0 saturated heterocycles. The fraction of sp³-hybridized carbons (Fsp3) is 0.312. The standard InChI is InChI=1S/C16H18O2/c1-11(2)14-7-6-13-5-4-12(8-15(13)10-14)9-16(17)18-3/h4-8,10-11H,9H2,1-3H3. The smallest absolute Gasteiger partial charge is 0.309 e. The van der Waals surface area contributed by atoms with Gasteiger partial charge in [-0.3, -0.25) is 4.79 Å². The van der Waals surface area contributed by atoms with Crippen molar-refractivity contribution in [3.05, 3.63) is 47.5 Å². The van der Waals surface area contributed by atoms with Crippen molar-refractivity contribution in [3.63, 3.8) is 0 Å². The Kier molecular flexibility index (Phi) is 3.66. The van der Waals surface area contributed by atoms with Crippen LogP contribution in [0.3, 0.4) is 0 Å². The zero-order valence-corrected chi connectivity index (χ0v) is 11.1. The van der Waals surface area contributed by atoms with Crippen LogP contribution in [0.4, 0.5) is 0 Å². The Bertz CT molecular complexity index is 570. The van der Waals surface area contributed by atoms with Gasteiger partial charge in [0, 0.05) is 0 Å². The Hall–Kier alpha value is -1.83. The molecule has 0 fully saturated rings. The van der Waals surface area contributed by atoms with Crippen molar-refractivity contribution < 1.29 is 9.53 Å². The highest BCUT2D eigenvalue weighted by Gasteiger charge is 2.05. The van der Waals surface area contributed by atoms with Gasteiger partial charge in [-0.05, 0) is 27.8 Å². The third-order valence-corrected chi connectivity index (χ3v) is 3.17. The maximum absolute atomic E-state index is 11.3. The van der Waals surface area contributed by atoms with Crippen LogP contribution in [0, 0.1) is 0 Å². The second-order valence-corrected chi connectivity index (χ2v) is 4.85. The summed E-state index contributed by atoms with van der Waals surface area (Å²) in [7, 11) is 1.42. The number of carbonyl (C=O) groups is 1. The van der Waals surface area contributed by atoms with Crippen LogP contribution in [0.25, 0.3) is 10.8 Å². The molecule has 0 radical (unpaired) electrons. The fourth-order valence-corrected chi connectivity index (χ4v) is 2.02. The minimum Gasteiger partial charge on any atom is -0.469 e. The van der Waals surface area contributed by atoms with Crippen molar-refractivity contribution in [2.75, 3.05) is 7.11 Å². The van der Waals surface area contributed by atoms with Crippen molar-refractivity contribution in [1.29, 1.82) is 0 Å². The molecule has 0 atom stereocenters. The van der Waals surface area contributed by atoms with Crippen LogP contribution in [-0.4, -0.2) is 13.1 Å². The molecule has 2 aromatic rings. The highest BCUT2D eigenvalue weighted by Crippen LogP contribution is 2.22. The van der Waals surface area contributed by atoms with Crippen molar-refractivity contribution in [3.8, 4) is 0 Å². The van der Waals surface area contributed by atoms with E-state index < -0.39 is 0 Å². The summed E-state index contributed by atoms with van der Waals surface area (Å²) >= 11 is 0. The number of hydrogen-bond acceptors (Lipinski definition) is 2. The number of benzene rings is 2. The Morgan fingerprint density at radius 2 is 1.83 bits per heavy atom. The average Bonchev–Trinajstić information content (AvgIpc) is 2.37. The first-order valence-corrected chi connectivity index (χ1v) is 6.19. The molecule has 2 aromatic carbocycles. The summed E-state index contributed by atoms with van der Waals surface area (Å²) in [4.78, 5) is 11.3. The summed E-state index contributed by atoms with van der Waals surface area (Å²) in [6.07, 6.45) is 0.332. The quantitative estimate of drug-likeness (QED) is 0.767. The topological polar surface area (TPSA) is 26.3 Å². The number of rotatable bonds is 3. The molecule has 18 heavy (non-hydrogen) atoms. The SMILES string of the molecule is COC(=O)Cc1ccc2ccc(C(C)C)cc2c1. The largest absolute Gasteiger partial charge is 0.469 e. The molecule has 0 aromatic heterocycles. The monoisotopic (exact) mass is 242 g/mol. The van der Waals surface area contributed by atoms with Gasteiger partial charge in [-0.1, -0.05) is 50.2 Å². The molecule has 0 unspecified atom stereocenters. The van der Waals surface area contributed by atoms with E-state index in [1.807, 2.05) is 6.07 Å². The summed E-state index contributed by atoms with van der Waals surface area (Å²) in [6.45, 7) is 4.36. The second-order valence-electron chi connectivity index (χ2n) is 4.85. The van der Waals surface area contributed by atoms with Gasteiger partial charge in [-0.2, -0.15) is 0 Å². The Morgan fingerprint density at radius 3 is 2.50 bits per heavy atom. The van der Waals surface area contributed by atoms with E-state index in [2.05, 4.69) is 48.9 Å². The van der Waals surface area contributed by atoms with Gasteiger partial charge >= 0.3 is 5.97 Å². The van der Waals surface area contributed by atoms with Crippen molar-refractivity contribution in [2.45, 2.75) is 26.2 Å². The van der Waals surface area contributed by atoms with Crippen LogP contribution in [-0.2, 0) is 16.0 Å². The summed E-state index contributed by atoms with van der Waals surface area (Å²) in [5.74, 6) is 0.313. The van der Waals surface area contributed by atoms with E-state index in [1.165, 1.54) is 23.4 Å². The molecule has 0 bridgehead atoms. The van der Waals surface area contributed by atoms with Gasteiger partial charge < -0.3 is 4.74 Å². The van der Waals surface area contributed by atoms with E-state index in [0.29, 0.717) is 12.3 Å². The Morgan fingerprint density at radius 1 is 1.11 bits per heavy atom. The van der Waals surface area contributed by atoms with Crippen molar-refractivity contribution >= 4 is 16.7 Å². The van der Waals surface area contributed by atoms with Gasteiger partial charge in [0.05, 0.1) is 13.5 Å². The van der Waals surface area contributed by atoms with E-state index in [9.17, 15) is 4.79 Å². The summed E-state index contributed by atoms with van der Waals surface area (Å²) in [5.41, 5.74) is 2.31. The molecule has 2 heteroatoms. The van der Waals surface area contributed by atoms with Gasteiger partial charge in [0.15, 0.2) is 0 Å². The molecular weight excluding hydrogens is 224 g/mol. The third-order valence-electron chi connectivity index (χ3n) is 3.17. The van der Waals surface area contributed by atoms with E-state index in [1.54, 1.807) is 0 Å². The number of fused-ring (bicyclic) bond motifs is 1. The number of carbonyl (C=O) groups excluding carboxylic acids is 1.